The Labute approximate surface area is 121 Å². The summed E-state index contributed by atoms with van der Waals surface area (Å²) in [5, 5.41) is 3.53. The molecule has 2 aliphatic carbocycles. The Morgan fingerprint density at radius 1 is 1.30 bits per heavy atom. The zero-order valence-electron chi connectivity index (χ0n) is 12.2. The van der Waals surface area contributed by atoms with Crippen molar-refractivity contribution in [2.24, 2.45) is 11.8 Å². The molecule has 3 heteroatoms. The van der Waals surface area contributed by atoms with E-state index in [4.69, 9.17) is 4.74 Å². The Kier molecular flexibility index (Phi) is 4.36. The summed E-state index contributed by atoms with van der Waals surface area (Å²) < 4.78 is 6.09. The van der Waals surface area contributed by atoms with Gasteiger partial charge in [-0.1, -0.05) is 19.1 Å². The van der Waals surface area contributed by atoms with Crippen LogP contribution in [0.15, 0.2) is 30.6 Å². The largest absolute Gasteiger partial charge is 0.493 e. The van der Waals surface area contributed by atoms with Gasteiger partial charge in [-0.3, -0.25) is 4.98 Å². The lowest BCUT2D eigenvalue weighted by Gasteiger charge is -2.25. The summed E-state index contributed by atoms with van der Waals surface area (Å²) in [6, 6.07) is 2.71. The van der Waals surface area contributed by atoms with Gasteiger partial charge in [0.1, 0.15) is 5.75 Å². The summed E-state index contributed by atoms with van der Waals surface area (Å²) in [6.45, 7) is 4.00. The first-order valence-corrected chi connectivity index (χ1v) is 7.77. The highest BCUT2D eigenvalue weighted by molar-refractivity contribution is 5.30. The van der Waals surface area contributed by atoms with Gasteiger partial charge < -0.3 is 10.1 Å². The zero-order chi connectivity index (χ0) is 13.8. The number of hydrogen-bond acceptors (Lipinski definition) is 3. The summed E-state index contributed by atoms with van der Waals surface area (Å²) in [5.41, 5.74) is 1.18. The third-order valence-electron chi connectivity index (χ3n) is 4.39. The Morgan fingerprint density at radius 2 is 2.15 bits per heavy atom. The van der Waals surface area contributed by atoms with Gasteiger partial charge in [0, 0.05) is 30.5 Å². The maximum Gasteiger partial charge on any atom is 0.126 e. The highest BCUT2D eigenvalue weighted by Gasteiger charge is 2.21. The molecule has 1 aromatic rings. The molecule has 2 aliphatic rings. The van der Waals surface area contributed by atoms with Crippen molar-refractivity contribution in [1.29, 1.82) is 0 Å². The van der Waals surface area contributed by atoms with E-state index in [1.807, 2.05) is 18.5 Å². The monoisotopic (exact) mass is 272 g/mol. The fourth-order valence-corrected chi connectivity index (χ4v) is 2.67. The van der Waals surface area contributed by atoms with E-state index in [9.17, 15) is 0 Å². The molecule has 3 rings (SSSR count). The van der Waals surface area contributed by atoms with E-state index in [-0.39, 0.29) is 0 Å². The predicted molar refractivity (Wildman–Crippen MR) is 80.6 cm³/mol. The molecule has 0 saturated heterocycles. The predicted octanol–water partition coefficient (Wildman–Crippen LogP) is 3.31. The Morgan fingerprint density at radius 3 is 2.95 bits per heavy atom. The first kappa shape index (κ1) is 13.6. The van der Waals surface area contributed by atoms with Gasteiger partial charge in [0.15, 0.2) is 0 Å². The van der Waals surface area contributed by atoms with E-state index in [2.05, 4.69) is 29.4 Å². The van der Waals surface area contributed by atoms with E-state index >= 15 is 0 Å². The van der Waals surface area contributed by atoms with Gasteiger partial charge in [0.25, 0.3) is 0 Å². The SMILES string of the molecule is CC1CC=CCC1COc1ccncc1CNC1CC1. The fourth-order valence-electron chi connectivity index (χ4n) is 2.67. The van der Waals surface area contributed by atoms with Crippen molar-refractivity contribution >= 4 is 0 Å². The van der Waals surface area contributed by atoms with Crippen molar-refractivity contribution in [3.05, 3.63) is 36.2 Å². The fraction of sp³-hybridized carbons (Fsp3) is 0.588. The van der Waals surface area contributed by atoms with E-state index < -0.39 is 0 Å². The van der Waals surface area contributed by atoms with Crippen molar-refractivity contribution in [3.63, 3.8) is 0 Å². The maximum atomic E-state index is 6.09. The van der Waals surface area contributed by atoms with Crippen LogP contribution in [0.25, 0.3) is 0 Å². The van der Waals surface area contributed by atoms with Crippen LogP contribution in [-0.4, -0.2) is 17.6 Å². The van der Waals surface area contributed by atoms with Crippen LogP contribution in [-0.2, 0) is 6.54 Å². The molecule has 0 amide bonds. The zero-order valence-corrected chi connectivity index (χ0v) is 12.2. The topological polar surface area (TPSA) is 34.1 Å². The number of nitrogens with one attached hydrogen (secondary N) is 1. The number of pyridine rings is 1. The van der Waals surface area contributed by atoms with Crippen LogP contribution >= 0.6 is 0 Å². The third-order valence-corrected chi connectivity index (χ3v) is 4.39. The molecule has 1 saturated carbocycles. The van der Waals surface area contributed by atoms with Crippen LogP contribution in [0.2, 0.25) is 0 Å². The quantitative estimate of drug-likeness (QED) is 0.807. The Balaban J connectivity index is 1.56. The smallest absolute Gasteiger partial charge is 0.126 e. The Bertz CT molecular complexity index is 468. The van der Waals surface area contributed by atoms with Crippen molar-refractivity contribution in [2.75, 3.05) is 6.61 Å². The molecule has 1 fully saturated rings. The van der Waals surface area contributed by atoms with Crippen LogP contribution in [0.5, 0.6) is 5.75 Å². The second kappa shape index (κ2) is 6.40. The van der Waals surface area contributed by atoms with E-state index in [1.54, 1.807) is 0 Å². The molecule has 20 heavy (non-hydrogen) atoms. The number of nitrogens with zero attached hydrogens (tertiary/aromatic N) is 1. The normalized spacial score (nSPS) is 25.6. The van der Waals surface area contributed by atoms with E-state index in [0.717, 1.165) is 31.2 Å². The maximum absolute atomic E-state index is 6.09. The van der Waals surface area contributed by atoms with Crippen LogP contribution in [0.3, 0.4) is 0 Å². The second-order valence-corrected chi connectivity index (χ2v) is 6.13. The molecular formula is C17H24N2O. The lowest BCUT2D eigenvalue weighted by atomic mass is 9.85. The number of rotatable bonds is 6. The first-order valence-electron chi connectivity index (χ1n) is 7.77. The lowest BCUT2D eigenvalue weighted by Crippen LogP contribution is -2.22. The molecule has 1 heterocycles. The van der Waals surface area contributed by atoms with Crippen molar-refractivity contribution in [2.45, 2.75) is 45.2 Å². The van der Waals surface area contributed by atoms with Gasteiger partial charge in [-0.25, -0.2) is 0 Å². The molecule has 108 valence electrons. The summed E-state index contributed by atoms with van der Waals surface area (Å²) in [5.74, 6) is 2.35. The summed E-state index contributed by atoms with van der Waals surface area (Å²) in [4.78, 5) is 4.22. The van der Waals surface area contributed by atoms with Crippen LogP contribution in [0.4, 0.5) is 0 Å². The number of ether oxygens (including phenoxy) is 1. The van der Waals surface area contributed by atoms with Gasteiger partial charge in [-0.05, 0) is 43.6 Å². The average molecular weight is 272 g/mol. The number of hydrogen-bond donors (Lipinski definition) is 1. The Hall–Kier alpha value is -1.35. The third kappa shape index (κ3) is 3.60. The standard InChI is InChI=1S/C17H24N2O/c1-13-4-2-3-5-14(13)12-20-17-8-9-18-10-15(17)11-19-16-6-7-16/h2-3,8-10,13-14,16,19H,4-7,11-12H2,1H3. The molecule has 0 aliphatic heterocycles. The summed E-state index contributed by atoms with van der Waals surface area (Å²) >= 11 is 0. The molecule has 1 N–H and O–H groups in total. The van der Waals surface area contributed by atoms with E-state index in [0.29, 0.717) is 12.0 Å². The molecule has 0 bridgehead atoms. The minimum Gasteiger partial charge on any atom is -0.493 e. The van der Waals surface area contributed by atoms with Gasteiger partial charge >= 0.3 is 0 Å². The van der Waals surface area contributed by atoms with Gasteiger partial charge in [0.05, 0.1) is 6.61 Å². The number of aromatic nitrogens is 1. The molecular weight excluding hydrogens is 248 g/mol. The molecule has 1 aromatic heterocycles. The van der Waals surface area contributed by atoms with Crippen molar-refractivity contribution in [1.82, 2.24) is 10.3 Å². The van der Waals surface area contributed by atoms with Crippen LogP contribution in [0, 0.1) is 11.8 Å². The highest BCUT2D eigenvalue weighted by atomic mass is 16.5. The van der Waals surface area contributed by atoms with Crippen LogP contribution in [0.1, 0.15) is 38.2 Å². The molecule has 0 spiro atoms. The van der Waals surface area contributed by atoms with Gasteiger partial charge in [0.2, 0.25) is 0 Å². The lowest BCUT2D eigenvalue weighted by molar-refractivity contribution is 0.196. The van der Waals surface area contributed by atoms with Gasteiger partial charge in [-0.15, -0.1) is 0 Å². The first-order chi connectivity index (χ1) is 9.83. The molecule has 3 nitrogen and oxygen atoms in total. The molecule has 2 unspecified atom stereocenters. The van der Waals surface area contributed by atoms with E-state index in [1.165, 1.54) is 24.8 Å². The minimum atomic E-state index is 0.636. The van der Waals surface area contributed by atoms with Crippen LogP contribution < -0.4 is 10.1 Å². The summed E-state index contributed by atoms with van der Waals surface area (Å²) in [7, 11) is 0. The molecule has 0 radical (unpaired) electrons. The minimum absolute atomic E-state index is 0.636. The van der Waals surface area contributed by atoms with Gasteiger partial charge in [-0.2, -0.15) is 0 Å². The van der Waals surface area contributed by atoms with Crippen molar-refractivity contribution in [3.8, 4) is 5.75 Å². The highest BCUT2D eigenvalue weighted by Crippen LogP contribution is 2.27. The van der Waals surface area contributed by atoms with Crippen molar-refractivity contribution < 1.29 is 4.74 Å². The molecule has 2 atom stereocenters. The number of allylic oxidation sites excluding steroid dienone is 2. The summed E-state index contributed by atoms with van der Waals surface area (Å²) in [6.07, 6.45) is 13.3. The average Bonchev–Trinajstić information content (AvgIpc) is 3.29. The molecule has 0 aromatic carbocycles. The second-order valence-electron chi connectivity index (χ2n) is 6.13.